The van der Waals surface area contributed by atoms with E-state index in [1.807, 2.05) is 53.8 Å². The Bertz CT molecular complexity index is 1540. The van der Waals surface area contributed by atoms with Gasteiger partial charge in [0.1, 0.15) is 11.5 Å². The first-order valence-corrected chi connectivity index (χ1v) is 10.7. The van der Waals surface area contributed by atoms with Crippen molar-refractivity contribution in [2.45, 2.75) is 13.5 Å². The van der Waals surface area contributed by atoms with Gasteiger partial charge in [0, 0.05) is 5.56 Å². The first-order valence-electron chi connectivity index (χ1n) is 9.52. The van der Waals surface area contributed by atoms with Crippen LogP contribution in [-0.2, 0) is 6.54 Å². The van der Waals surface area contributed by atoms with Gasteiger partial charge in [-0.25, -0.2) is 4.39 Å². The summed E-state index contributed by atoms with van der Waals surface area (Å²) in [6.45, 7) is 2.40. The summed E-state index contributed by atoms with van der Waals surface area (Å²) in [6, 6.07) is 22.1. The standard InChI is InChI=1S/C24H17FN2OS2/c1-15-7-6-8-16(13-15)14-26-22-21(17-9-2-4-11-19(17)25)30-24(29)27(22)20-12-5-3-10-18(20)23(26)28/h2-13H,14H2,1H3. The van der Waals surface area contributed by atoms with E-state index in [2.05, 4.69) is 6.07 Å². The fraction of sp³-hybridized carbons (Fsp3) is 0.0833. The molecule has 6 heteroatoms. The third kappa shape index (κ3) is 3.00. The van der Waals surface area contributed by atoms with Crippen LogP contribution in [0.1, 0.15) is 11.1 Å². The predicted octanol–water partition coefficient (Wildman–Crippen LogP) is 6.21. The van der Waals surface area contributed by atoms with Crippen molar-refractivity contribution >= 4 is 40.1 Å². The lowest BCUT2D eigenvalue weighted by Crippen LogP contribution is -2.23. The van der Waals surface area contributed by atoms with Crippen LogP contribution in [0.15, 0.2) is 77.6 Å². The second kappa shape index (κ2) is 7.31. The van der Waals surface area contributed by atoms with E-state index in [4.69, 9.17) is 12.2 Å². The molecule has 0 aliphatic carbocycles. The van der Waals surface area contributed by atoms with Crippen LogP contribution in [-0.4, -0.2) is 8.97 Å². The summed E-state index contributed by atoms with van der Waals surface area (Å²) in [5.74, 6) is -0.334. The Kier molecular flexibility index (Phi) is 4.60. The normalized spacial score (nSPS) is 11.4. The Morgan fingerprint density at radius 3 is 2.57 bits per heavy atom. The topological polar surface area (TPSA) is 26.4 Å². The molecule has 0 atom stereocenters. The molecule has 2 heterocycles. The highest BCUT2D eigenvalue weighted by molar-refractivity contribution is 7.73. The van der Waals surface area contributed by atoms with Crippen molar-refractivity contribution in [2.24, 2.45) is 0 Å². The van der Waals surface area contributed by atoms with Crippen molar-refractivity contribution in [3.63, 3.8) is 0 Å². The Balaban J connectivity index is 1.93. The Morgan fingerprint density at radius 1 is 1.00 bits per heavy atom. The Morgan fingerprint density at radius 2 is 1.77 bits per heavy atom. The van der Waals surface area contributed by atoms with Gasteiger partial charge in [-0.1, -0.05) is 60.2 Å². The van der Waals surface area contributed by atoms with E-state index in [0.29, 0.717) is 32.0 Å². The molecule has 30 heavy (non-hydrogen) atoms. The van der Waals surface area contributed by atoms with E-state index in [9.17, 15) is 9.18 Å². The van der Waals surface area contributed by atoms with E-state index < -0.39 is 0 Å². The molecule has 5 aromatic rings. The van der Waals surface area contributed by atoms with Crippen molar-refractivity contribution < 1.29 is 4.39 Å². The molecular formula is C24H17FN2OS2. The van der Waals surface area contributed by atoms with Gasteiger partial charge in [-0.15, -0.1) is 11.3 Å². The van der Waals surface area contributed by atoms with Gasteiger partial charge in [0.05, 0.1) is 22.3 Å². The lowest BCUT2D eigenvalue weighted by atomic mass is 10.1. The molecule has 0 aliphatic rings. The van der Waals surface area contributed by atoms with Crippen LogP contribution < -0.4 is 5.56 Å². The van der Waals surface area contributed by atoms with Gasteiger partial charge in [-0.05, 0) is 42.9 Å². The molecule has 0 amide bonds. The van der Waals surface area contributed by atoms with Gasteiger partial charge in [0.15, 0.2) is 3.95 Å². The van der Waals surface area contributed by atoms with E-state index in [1.54, 1.807) is 22.8 Å². The number of thiazole rings is 1. The lowest BCUT2D eigenvalue weighted by Gasteiger charge is -2.14. The molecule has 0 fully saturated rings. The minimum atomic E-state index is -0.334. The second-order valence-corrected chi connectivity index (χ2v) is 8.88. The minimum absolute atomic E-state index is 0.113. The highest BCUT2D eigenvalue weighted by atomic mass is 32.1. The number of rotatable bonds is 3. The van der Waals surface area contributed by atoms with Crippen LogP contribution in [0.5, 0.6) is 0 Å². The second-order valence-electron chi connectivity index (χ2n) is 7.23. The van der Waals surface area contributed by atoms with Gasteiger partial charge in [0.2, 0.25) is 0 Å². The van der Waals surface area contributed by atoms with E-state index in [-0.39, 0.29) is 11.4 Å². The molecule has 0 N–H and O–H groups in total. The van der Waals surface area contributed by atoms with Crippen LogP contribution >= 0.6 is 23.6 Å². The molecular weight excluding hydrogens is 415 g/mol. The average Bonchev–Trinajstić information content (AvgIpc) is 3.08. The molecule has 3 aromatic carbocycles. The summed E-state index contributed by atoms with van der Waals surface area (Å²) < 4.78 is 18.9. The minimum Gasteiger partial charge on any atom is -0.288 e. The number of hydrogen-bond acceptors (Lipinski definition) is 3. The van der Waals surface area contributed by atoms with Gasteiger partial charge in [-0.3, -0.25) is 13.8 Å². The summed E-state index contributed by atoms with van der Waals surface area (Å²) >= 11 is 7.00. The van der Waals surface area contributed by atoms with Crippen LogP contribution in [0.3, 0.4) is 0 Å². The molecule has 0 saturated carbocycles. The molecule has 0 aliphatic heterocycles. The van der Waals surface area contributed by atoms with Crippen LogP contribution in [0.25, 0.3) is 27.0 Å². The monoisotopic (exact) mass is 432 g/mol. The smallest absolute Gasteiger partial charge is 0.261 e. The quantitative estimate of drug-likeness (QED) is 0.317. The fourth-order valence-corrected chi connectivity index (χ4v) is 5.33. The number of halogens is 1. The molecule has 0 bridgehead atoms. The van der Waals surface area contributed by atoms with Crippen LogP contribution in [0.4, 0.5) is 4.39 Å². The molecule has 0 radical (unpaired) electrons. The third-order valence-corrected chi connectivity index (χ3v) is 6.60. The van der Waals surface area contributed by atoms with Crippen molar-refractivity contribution in [2.75, 3.05) is 0 Å². The molecule has 0 saturated heterocycles. The van der Waals surface area contributed by atoms with Crippen LogP contribution in [0, 0.1) is 16.7 Å². The summed E-state index contributed by atoms with van der Waals surface area (Å²) in [7, 11) is 0. The number of nitrogens with zero attached hydrogens (tertiary/aromatic N) is 2. The van der Waals surface area contributed by atoms with Crippen molar-refractivity contribution in [1.29, 1.82) is 0 Å². The molecule has 0 unspecified atom stereocenters. The maximum atomic E-state index is 14.7. The zero-order valence-electron chi connectivity index (χ0n) is 16.1. The maximum absolute atomic E-state index is 14.7. The zero-order chi connectivity index (χ0) is 20.8. The Labute approximate surface area is 181 Å². The van der Waals surface area contributed by atoms with Gasteiger partial charge >= 0.3 is 0 Å². The van der Waals surface area contributed by atoms with Crippen molar-refractivity contribution in [3.05, 3.63) is 104 Å². The lowest BCUT2D eigenvalue weighted by molar-refractivity contribution is 0.631. The summed E-state index contributed by atoms with van der Waals surface area (Å²) in [6.07, 6.45) is 0. The summed E-state index contributed by atoms with van der Waals surface area (Å²) in [4.78, 5) is 14.2. The van der Waals surface area contributed by atoms with E-state index in [1.165, 1.54) is 17.4 Å². The number of aromatic nitrogens is 2. The number of para-hydroxylation sites is 1. The molecule has 148 valence electrons. The first kappa shape index (κ1) is 18.9. The van der Waals surface area contributed by atoms with Crippen LogP contribution in [0.2, 0.25) is 0 Å². The fourth-order valence-electron chi connectivity index (χ4n) is 3.87. The third-order valence-electron chi connectivity index (χ3n) is 5.20. The zero-order valence-corrected chi connectivity index (χ0v) is 17.8. The number of benzene rings is 3. The maximum Gasteiger partial charge on any atom is 0.261 e. The number of fused-ring (bicyclic) bond motifs is 3. The average molecular weight is 433 g/mol. The van der Waals surface area contributed by atoms with E-state index in [0.717, 1.165) is 16.6 Å². The molecule has 3 nitrogen and oxygen atoms in total. The summed E-state index contributed by atoms with van der Waals surface area (Å²) in [5, 5.41) is 0.589. The number of hydrogen-bond donors (Lipinski definition) is 0. The SMILES string of the molecule is Cc1cccc(Cn2c(=O)c3ccccc3n3c(=S)sc(-c4ccccc4F)c23)c1. The largest absolute Gasteiger partial charge is 0.288 e. The summed E-state index contributed by atoms with van der Waals surface area (Å²) in [5.41, 5.74) is 3.82. The number of aryl methyl sites for hydroxylation is 1. The van der Waals surface area contributed by atoms with Gasteiger partial charge in [0.25, 0.3) is 5.56 Å². The highest BCUT2D eigenvalue weighted by Crippen LogP contribution is 2.34. The van der Waals surface area contributed by atoms with Crippen molar-refractivity contribution in [3.8, 4) is 10.4 Å². The van der Waals surface area contributed by atoms with Gasteiger partial charge in [-0.2, -0.15) is 0 Å². The van der Waals surface area contributed by atoms with Gasteiger partial charge < -0.3 is 0 Å². The van der Waals surface area contributed by atoms with Crippen molar-refractivity contribution in [1.82, 2.24) is 8.97 Å². The molecule has 2 aromatic heterocycles. The first-order chi connectivity index (χ1) is 14.5. The predicted molar refractivity (Wildman–Crippen MR) is 124 cm³/mol. The van der Waals surface area contributed by atoms with E-state index >= 15 is 0 Å². The highest BCUT2D eigenvalue weighted by Gasteiger charge is 2.20. The Hall–Kier alpha value is -3.09. The molecule has 5 rings (SSSR count). The molecule has 0 spiro atoms.